The molecule has 19 heteroatoms. The maximum atomic E-state index is 13.0. The molecule has 0 rings (SSSR count). The van der Waals surface area contributed by atoms with Crippen LogP contribution in [-0.4, -0.2) is 96.7 Å². The van der Waals surface area contributed by atoms with Crippen molar-refractivity contribution in [3.8, 4) is 0 Å². The summed E-state index contributed by atoms with van der Waals surface area (Å²) >= 11 is 0. The SMILES string of the molecule is CCC(C)CCCCCCCCC(=O)OC[C@H](COP(=O)(O)OC[C@@H](O)COP(=O)(O)OC[C@@H](COC(=O)CCCCCCCCC(C)C)OC(=O)CCCCCCCCC(C)C)OC(=O)CCCCCCCCCCCCCCCCCC(C)C. The van der Waals surface area contributed by atoms with Crippen LogP contribution in [0.1, 0.15) is 325 Å². The molecule has 0 saturated carbocycles. The van der Waals surface area contributed by atoms with Gasteiger partial charge in [0.2, 0.25) is 0 Å². The van der Waals surface area contributed by atoms with E-state index < -0.39 is 97.5 Å². The average molecular weight is 1270 g/mol. The Hall–Kier alpha value is -1.94. The number of phosphoric acid groups is 2. The second-order valence-electron chi connectivity index (χ2n) is 25.9. The van der Waals surface area contributed by atoms with Crippen LogP contribution in [0.3, 0.4) is 0 Å². The van der Waals surface area contributed by atoms with Crippen LogP contribution in [0.4, 0.5) is 0 Å². The first-order chi connectivity index (χ1) is 41.1. The molecule has 3 N–H and O–H groups in total. The molecule has 0 aromatic carbocycles. The normalized spacial score (nSPS) is 14.7. The van der Waals surface area contributed by atoms with Crippen LogP contribution >= 0.6 is 15.6 Å². The molecule has 0 spiro atoms. The van der Waals surface area contributed by atoms with Gasteiger partial charge in [0.05, 0.1) is 26.4 Å². The number of rotatable bonds is 64. The molecule has 3 unspecified atom stereocenters. The fourth-order valence-electron chi connectivity index (χ4n) is 9.93. The number of phosphoric ester groups is 2. The summed E-state index contributed by atoms with van der Waals surface area (Å²) in [4.78, 5) is 72.3. The Morgan fingerprint density at radius 1 is 0.326 bits per heavy atom. The maximum Gasteiger partial charge on any atom is 0.472 e. The van der Waals surface area contributed by atoms with E-state index in [1.807, 2.05) is 0 Å². The van der Waals surface area contributed by atoms with E-state index in [0.29, 0.717) is 37.5 Å². The molecule has 0 fully saturated rings. The molecule has 0 aromatic rings. The quantitative estimate of drug-likeness (QED) is 0.0222. The van der Waals surface area contributed by atoms with Crippen LogP contribution < -0.4 is 0 Å². The van der Waals surface area contributed by atoms with E-state index in [9.17, 15) is 43.2 Å². The molecule has 86 heavy (non-hydrogen) atoms. The molecule has 0 radical (unpaired) electrons. The number of aliphatic hydroxyl groups excluding tert-OH is 1. The number of ether oxygens (including phenoxy) is 4. The molecule has 0 aliphatic heterocycles. The Morgan fingerprint density at radius 2 is 0.558 bits per heavy atom. The summed E-state index contributed by atoms with van der Waals surface area (Å²) in [6.07, 6.45) is 38.0. The van der Waals surface area contributed by atoms with Crippen molar-refractivity contribution in [2.45, 2.75) is 343 Å². The molecule has 17 nitrogen and oxygen atoms in total. The van der Waals surface area contributed by atoms with Crippen LogP contribution in [0.5, 0.6) is 0 Å². The largest absolute Gasteiger partial charge is 0.472 e. The minimum absolute atomic E-state index is 0.100. The van der Waals surface area contributed by atoms with Gasteiger partial charge in [-0.2, -0.15) is 0 Å². The fraction of sp³-hybridized carbons (Fsp3) is 0.940. The van der Waals surface area contributed by atoms with Gasteiger partial charge in [0, 0.05) is 25.7 Å². The average Bonchev–Trinajstić information content (AvgIpc) is 3.67. The number of aliphatic hydroxyl groups is 1. The standard InChI is InChI=1S/C67H130O17P2/c1-9-60(8)46-38-30-23-26-32-40-48-65(70)78-53-62(83-66(71)49-41-33-20-18-16-14-12-10-11-13-15-17-19-27-35-43-57(2)3)55-81-85(73,74)79-51-61(68)52-80-86(75,76)82-56-63(84-67(72)50-42-34-25-22-29-37-45-59(6)7)54-77-64(69)47-39-31-24-21-28-36-44-58(4)5/h57-63,68H,9-56H2,1-8H3,(H,73,74)(H,75,76)/t60?,61-,62-,63-/m1/s1. The molecule has 0 heterocycles. The third-order valence-electron chi connectivity index (χ3n) is 15.7. The Bertz CT molecular complexity index is 1720. The second-order valence-corrected chi connectivity index (χ2v) is 28.8. The summed E-state index contributed by atoms with van der Waals surface area (Å²) in [5.74, 6) is 0.741. The summed E-state index contributed by atoms with van der Waals surface area (Å²) in [6.45, 7) is 13.9. The first-order valence-electron chi connectivity index (χ1n) is 34.7. The second kappa shape index (κ2) is 57.0. The van der Waals surface area contributed by atoms with Gasteiger partial charge in [0.15, 0.2) is 12.2 Å². The van der Waals surface area contributed by atoms with Gasteiger partial charge in [0.1, 0.15) is 19.3 Å². The van der Waals surface area contributed by atoms with Crippen molar-refractivity contribution in [2.75, 3.05) is 39.6 Å². The lowest BCUT2D eigenvalue weighted by atomic mass is 10.00. The van der Waals surface area contributed by atoms with Gasteiger partial charge in [-0.05, 0) is 49.4 Å². The topological polar surface area (TPSA) is 237 Å². The van der Waals surface area contributed by atoms with Gasteiger partial charge in [-0.1, -0.05) is 274 Å². The van der Waals surface area contributed by atoms with E-state index in [1.165, 1.54) is 116 Å². The fourth-order valence-corrected chi connectivity index (χ4v) is 11.5. The van der Waals surface area contributed by atoms with Gasteiger partial charge >= 0.3 is 39.5 Å². The van der Waals surface area contributed by atoms with Crippen molar-refractivity contribution >= 4 is 39.5 Å². The van der Waals surface area contributed by atoms with Gasteiger partial charge in [-0.25, -0.2) is 9.13 Å². The predicted octanol–water partition coefficient (Wildman–Crippen LogP) is 18.5. The number of unbranched alkanes of at least 4 members (excludes halogenated alkanes) is 29. The van der Waals surface area contributed by atoms with Crippen molar-refractivity contribution in [1.29, 1.82) is 0 Å². The first kappa shape index (κ1) is 84.1. The van der Waals surface area contributed by atoms with Crippen LogP contribution in [-0.2, 0) is 65.4 Å². The molecule has 510 valence electrons. The van der Waals surface area contributed by atoms with Gasteiger partial charge in [-0.3, -0.25) is 37.3 Å². The molecular formula is C67H130O17P2. The summed E-state index contributed by atoms with van der Waals surface area (Å²) in [5.41, 5.74) is 0. The highest BCUT2D eigenvalue weighted by Gasteiger charge is 2.30. The van der Waals surface area contributed by atoms with Crippen LogP contribution in [0.25, 0.3) is 0 Å². The summed E-state index contributed by atoms with van der Waals surface area (Å²) in [6, 6.07) is 0. The number of carbonyl (C=O) groups excluding carboxylic acids is 4. The smallest absolute Gasteiger partial charge is 0.462 e. The zero-order valence-corrected chi connectivity index (χ0v) is 57.7. The van der Waals surface area contributed by atoms with E-state index in [0.717, 1.165) is 115 Å². The lowest BCUT2D eigenvalue weighted by Gasteiger charge is -2.21. The van der Waals surface area contributed by atoms with E-state index in [-0.39, 0.29) is 25.7 Å². The highest BCUT2D eigenvalue weighted by molar-refractivity contribution is 7.47. The summed E-state index contributed by atoms with van der Waals surface area (Å²) in [5, 5.41) is 10.5. The highest BCUT2D eigenvalue weighted by Crippen LogP contribution is 2.45. The predicted molar refractivity (Wildman–Crippen MR) is 344 cm³/mol. The molecule has 6 atom stereocenters. The minimum Gasteiger partial charge on any atom is -0.462 e. The van der Waals surface area contributed by atoms with Crippen molar-refractivity contribution < 1.29 is 80.2 Å². The van der Waals surface area contributed by atoms with Crippen LogP contribution in [0, 0.1) is 23.7 Å². The number of hydrogen-bond acceptors (Lipinski definition) is 15. The molecule has 0 saturated heterocycles. The Morgan fingerprint density at radius 3 is 0.826 bits per heavy atom. The molecule has 0 bridgehead atoms. The lowest BCUT2D eigenvalue weighted by molar-refractivity contribution is -0.161. The van der Waals surface area contributed by atoms with Crippen LogP contribution in [0.2, 0.25) is 0 Å². The first-order valence-corrected chi connectivity index (χ1v) is 37.7. The molecule has 0 aliphatic carbocycles. The van der Waals surface area contributed by atoms with E-state index in [2.05, 4.69) is 55.4 Å². The minimum atomic E-state index is -4.95. The van der Waals surface area contributed by atoms with Gasteiger partial charge in [0.25, 0.3) is 0 Å². The van der Waals surface area contributed by atoms with E-state index >= 15 is 0 Å². The van der Waals surface area contributed by atoms with Crippen molar-refractivity contribution in [1.82, 2.24) is 0 Å². The van der Waals surface area contributed by atoms with E-state index in [4.69, 9.17) is 37.0 Å². The monoisotopic (exact) mass is 1270 g/mol. The Balaban J connectivity index is 5.19. The molecule has 0 amide bonds. The lowest BCUT2D eigenvalue weighted by Crippen LogP contribution is -2.30. The Labute approximate surface area is 524 Å². The third kappa shape index (κ3) is 59.7. The summed E-state index contributed by atoms with van der Waals surface area (Å²) < 4.78 is 68.0. The molecular weight excluding hydrogens is 1140 g/mol. The third-order valence-corrected chi connectivity index (χ3v) is 17.6. The number of hydrogen-bond donors (Lipinski definition) is 3. The number of esters is 4. The maximum absolute atomic E-state index is 13.0. The van der Waals surface area contributed by atoms with Crippen molar-refractivity contribution in [3.05, 3.63) is 0 Å². The summed E-state index contributed by atoms with van der Waals surface area (Å²) in [7, 11) is -9.89. The molecule has 0 aromatic heterocycles. The zero-order valence-electron chi connectivity index (χ0n) is 55.9. The van der Waals surface area contributed by atoms with Gasteiger partial charge < -0.3 is 33.8 Å². The zero-order chi connectivity index (χ0) is 63.9. The van der Waals surface area contributed by atoms with Gasteiger partial charge in [-0.15, -0.1) is 0 Å². The number of carbonyl (C=O) groups is 4. The Kier molecular flexibility index (Phi) is 55.7. The molecule has 0 aliphatic rings. The highest BCUT2D eigenvalue weighted by atomic mass is 31.2. The van der Waals surface area contributed by atoms with Crippen LogP contribution in [0.15, 0.2) is 0 Å². The van der Waals surface area contributed by atoms with E-state index in [1.54, 1.807) is 0 Å². The van der Waals surface area contributed by atoms with Crippen molar-refractivity contribution in [3.63, 3.8) is 0 Å². The van der Waals surface area contributed by atoms with Crippen molar-refractivity contribution in [2.24, 2.45) is 23.7 Å².